The highest BCUT2D eigenvalue weighted by Gasteiger charge is 2.43. The van der Waals surface area contributed by atoms with Gasteiger partial charge in [-0.25, -0.2) is 8.42 Å². The lowest BCUT2D eigenvalue weighted by molar-refractivity contribution is -0.0272. The summed E-state index contributed by atoms with van der Waals surface area (Å²) in [5.41, 5.74) is 6.07. The number of para-hydroxylation sites is 1. The van der Waals surface area contributed by atoms with E-state index in [0.29, 0.717) is 5.69 Å². The van der Waals surface area contributed by atoms with Crippen molar-refractivity contribution in [2.45, 2.75) is 55.1 Å². The molecule has 1 aliphatic heterocycles. The number of nitrogen functional groups attached to an aromatic ring is 1. The van der Waals surface area contributed by atoms with Gasteiger partial charge in [0.05, 0.1) is 28.0 Å². The molecule has 0 amide bonds. The van der Waals surface area contributed by atoms with Crippen molar-refractivity contribution in [1.82, 2.24) is 0 Å². The van der Waals surface area contributed by atoms with Crippen molar-refractivity contribution in [3.05, 3.63) is 24.3 Å². The molecule has 2 aliphatic rings. The van der Waals surface area contributed by atoms with Gasteiger partial charge in [-0.05, 0) is 37.8 Å². The van der Waals surface area contributed by atoms with Crippen LogP contribution in [-0.2, 0) is 14.6 Å². The van der Waals surface area contributed by atoms with Crippen LogP contribution in [0.25, 0.3) is 0 Å². The summed E-state index contributed by atoms with van der Waals surface area (Å²) in [4.78, 5) is 0.232. The molecule has 1 aliphatic carbocycles. The quantitative estimate of drug-likeness (QED) is 0.870. The number of benzene rings is 1. The van der Waals surface area contributed by atoms with Crippen molar-refractivity contribution in [2.24, 2.45) is 0 Å². The zero-order valence-electron chi connectivity index (χ0n) is 11.5. The molecule has 2 fully saturated rings. The topological polar surface area (TPSA) is 69.4 Å². The van der Waals surface area contributed by atoms with Gasteiger partial charge in [0.25, 0.3) is 0 Å². The molecule has 3 rings (SSSR count). The minimum absolute atomic E-state index is 0.0254. The van der Waals surface area contributed by atoms with Crippen molar-refractivity contribution in [2.75, 3.05) is 11.5 Å². The number of ether oxygens (including phenoxy) is 1. The second-order valence-corrected chi connectivity index (χ2v) is 7.99. The standard InChI is InChI=1S/C15H21NO3S/c16-13-5-1-2-6-14(13)20(17,18)11-12-7-10-15(19-12)8-3-4-9-15/h1-2,5-6,12H,3-4,7-11,16H2. The number of anilines is 1. The van der Waals surface area contributed by atoms with Crippen LogP contribution in [0, 0.1) is 0 Å². The van der Waals surface area contributed by atoms with Gasteiger partial charge < -0.3 is 10.5 Å². The van der Waals surface area contributed by atoms with E-state index in [2.05, 4.69) is 0 Å². The molecular formula is C15H21NO3S. The Kier molecular flexibility index (Phi) is 3.50. The van der Waals surface area contributed by atoms with Gasteiger partial charge in [-0.3, -0.25) is 0 Å². The Morgan fingerprint density at radius 2 is 1.90 bits per heavy atom. The van der Waals surface area contributed by atoms with Crippen LogP contribution < -0.4 is 5.73 Å². The predicted molar refractivity (Wildman–Crippen MR) is 78.2 cm³/mol. The fourth-order valence-electron chi connectivity index (χ4n) is 3.50. The maximum absolute atomic E-state index is 12.5. The Balaban J connectivity index is 1.73. The molecule has 20 heavy (non-hydrogen) atoms. The van der Waals surface area contributed by atoms with Crippen molar-refractivity contribution in [3.63, 3.8) is 0 Å². The van der Waals surface area contributed by atoms with Gasteiger partial charge in [0.2, 0.25) is 0 Å². The molecule has 1 heterocycles. The van der Waals surface area contributed by atoms with Crippen LogP contribution in [0.3, 0.4) is 0 Å². The van der Waals surface area contributed by atoms with Crippen LogP contribution in [0.2, 0.25) is 0 Å². The molecule has 110 valence electrons. The fourth-order valence-corrected chi connectivity index (χ4v) is 5.12. The molecule has 1 aromatic rings. The monoisotopic (exact) mass is 295 g/mol. The molecule has 1 saturated heterocycles. The molecule has 4 nitrogen and oxygen atoms in total. The van der Waals surface area contributed by atoms with E-state index in [4.69, 9.17) is 10.5 Å². The smallest absolute Gasteiger partial charge is 0.182 e. The van der Waals surface area contributed by atoms with E-state index in [0.717, 1.165) is 25.7 Å². The summed E-state index contributed by atoms with van der Waals surface area (Å²) >= 11 is 0. The number of nitrogens with two attached hydrogens (primary N) is 1. The summed E-state index contributed by atoms with van der Waals surface area (Å²) in [7, 11) is -3.37. The molecule has 1 saturated carbocycles. The van der Waals surface area contributed by atoms with Crippen LogP contribution in [-0.4, -0.2) is 25.9 Å². The van der Waals surface area contributed by atoms with Crippen LogP contribution in [0.1, 0.15) is 38.5 Å². The molecule has 0 bridgehead atoms. The predicted octanol–water partition coefficient (Wildman–Crippen LogP) is 2.53. The van der Waals surface area contributed by atoms with E-state index < -0.39 is 9.84 Å². The van der Waals surface area contributed by atoms with Crippen LogP contribution in [0.15, 0.2) is 29.2 Å². The van der Waals surface area contributed by atoms with E-state index in [1.165, 1.54) is 12.8 Å². The number of hydrogen-bond acceptors (Lipinski definition) is 4. The van der Waals surface area contributed by atoms with Crippen LogP contribution >= 0.6 is 0 Å². The van der Waals surface area contributed by atoms with E-state index in [1.54, 1.807) is 24.3 Å². The van der Waals surface area contributed by atoms with Crippen molar-refractivity contribution in [3.8, 4) is 0 Å². The lowest BCUT2D eigenvalue weighted by Gasteiger charge is -2.23. The van der Waals surface area contributed by atoms with Gasteiger partial charge >= 0.3 is 0 Å². The third-order valence-electron chi connectivity index (χ3n) is 4.51. The van der Waals surface area contributed by atoms with Crippen LogP contribution in [0.5, 0.6) is 0 Å². The lowest BCUT2D eigenvalue weighted by atomic mass is 9.98. The molecule has 1 atom stereocenters. The summed E-state index contributed by atoms with van der Waals surface area (Å²) in [5.74, 6) is 0.0446. The average Bonchev–Trinajstić information content (AvgIpc) is 3.00. The molecule has 1 aromatic carbocycles. The zero-order chi connectivity index (χ0) is 14.2. The number of hydrogen-bond donors (Lipinski definition) is 1. The molecule has 0 aromatic heterocycles. The molecule has 2 N–H and O–H groups in total. The highest BCUT2D eigenvalue weighted by molar-refractivity contribution is 7.91. The summed E-state index contributed by atoms with van der Waals surface area (Å²) in [6.07, 6.45) is 6.21. The van der Waals surface area contributed by atoms with Crippen molar-refractivity contribution < 1.29 is 13.2 Å². The first kappa shape index (κ1) is 13.9. The minimum Gasteiger partial charge on any atom is -0.398 e. The van der Waals surface area contributed by atoms with Gasteiger partial charge in [-0.1, -0.05) is 25.0 Å². The van der Waals surface area contributed by atoms with Crippen molar-refractivity contribution >= 4 is 15.5 Å². The van der Waals surface area contributed by atoms with Crippen LogP contribution in [0.4, 0.5) is 5.69 Å². The second-order valence-electron chi connectivity index (χ2n) is 5.99. The summed E-state index contributed by atoms with van der Waals surface area (Å²) in [5, 5.41) is 0. The Hall–Kier alpha value is -1.07. The third-order valence-corrected chi connectivity index (χ3v) is 6.37. The Morgan fingerprint density at radius 3 is 2.60 bits per heavy atom. The zero-order valence-corrected chi connectivity index (χ0v) is 12.4. The van der Waals surface area contributed by atoms with Gasteiger partial charge in [-0.2, -0.15) is 0 Å². The van der Waals surface area contributed by atoms with Gasteiger partial charge in [0.15, 0.2) is 9.84 Å². The maximum Gasteiger partial charge on any atom is 0.182 e. The van der Waals surface area contributed by atoms with Gasteiger partial charge in [-0.15, -0.1) is 0 Å². The highest BCUT2D eigenvalue weighted by atomic mass is 32.2. The fraction of sp³-hybridized carbons (Fsp3) is 0.600. The maximum atomic E-state index is 12.5. The SMILES string of the molecule is Nc1ccccc1S(=O)(=O)CC1CCC2(CCCC2)O1. The molecule has 0 radical (unpaired) electrons. The third kappa shape index (κ3) is 2.56. The molecular weight excluding hydrogens is 274 g/mol. The summed E-state index contributed by atoms with van der Waals surface area (Å²) < 4.78 is 31.0. The number of rotatable bonds is 3. The molecule has 1 spiro atoms. The summed E-state index contributed by atoms with van der Waals surface area (Å²) in [6, 6.07) is 6.65. The van der Waals surface area contributed by atoms with E-state index in [-0.39, 0.29) is 22.4 Å². The number of sulfone groups is 1. The van der Waals surface area contributed by atoms with Gasteiger partial charge in [0.1, 0.15) is 0 Å². The second kappa shape index (κ2) is 5.04. The highest BCUT2D eigenvalue weighted by Crippen LogP contribution is 2.43. The van der Waals surface area contributed by atoms with E-state index in [9.17, 15) is 8.42 Å². The molecule has 5 heteroatoms. The first-order chi connectivity index (χ1) is 9.51. The summed E-state index contributed by atoms with van der Waals surface area (Å²) in [6.45, 7) is 0. The Bertz CT molecular complexity index is 591. The first-order valence-corrected chi connectivity index (χ1v) is 8.91. The molecule has 1 unspecified atom stereocenters. The van der Waals surface area contributed by atoms with E-state index >= 15 is 0 Å². The Morgan fingerprint density at radius 1 is 1.20 bits per heavy atom. The van der Waals surface area contributed by atoms with Crippen molar-refractivity contribution in [1.29, 1.82) is 0 Å². The first-order valence-electron chi connectivity index (χ1n) is 7.26. The largest absolute Gasteiger partial charge is 0.398 e. The lowest BCUT2D eigenvalue weighted by Crippen LogP contribution is -2.28. The van der Waals surface area contributed by atoms with Gasteiger partial charge in [0, 0.05) is 0 Å². The normalized spacial score (nSPS) is 25.3. The van der Waals surface area contributed by atoms with E-state index in [1.807, 2.05) is 0 Å². The Labute approximate surface area is 120 Å². The minimum atomic E-state index is -3.37. The average molecular weight is 295 g/mol.